The van der Waals surface area contributed by atoms with Crippen LogP contribution in [0.15, 0.2) is 59.5 Å². The highest BCUT2D eigenvalue weighted by Gasteiger charge is 2.49. The van der Waals surface area contributed by atoms with Gasteiger partial charge in [0.25, 0.3) is 0 Å². The Kier molecular flexibility index (Phi) is 4.60. The average molecular weight is 357 g/mol. The zero-order chi connectivity index (χ0) is 17.3. The molecule has 132 valence electrons. The molecular weight excluding hydrogens is 334 g/mol. The van der Waals surface area contributed by atoms with Gasteiger partial charge >= 0.3 is 5.97 Å². The predicted molar refractivity (Wildman–Crippen MR) is 98.0 cm³/mol. The Hall–Kier alpha value is -1.37. The van der Waals surface area contributed by atoms with Crippen molar-refractivity contribution >= 4 is 11.8 Å². The smallest absolute Gasteiger partial charge is 0.337 e. The van der Waals surface area contributed by atoms with Crippen LogP contribution in [0.2, 0.25) is 0 Å². The molecule has 0 bridgehead atoms. The molecule has 1 fully saturated rings. The summed E-state index contributed by atoms with van der Waals surface area (Å²) in [6.45, 7) is 2.20. The topological polar surface area (TPSA) is 57.3 Å². The van der Waals surface area contributed by atoms with E-state index in [9.17, 15) is 5.11 Å². The van der Waals surface area contributed by atoms with E-state index in [4.69, 9.17) is 9.78 Å². The van der Waals surface area contributed by atoms with E-state index in [1.165, 1.54) is 16.0 Å². The van der Waals surface area contributed by atoms with Crippen LogP contribution in [0.3, 0.4) is 0 Å². The van der Waals surface area contributed by atoms with Gasteiger partial charge in [0.15, 0.2) is 0 Å². The monoisotopic (exact) mass is 357 g/mol. The van der Waals surface area contributed by atoms with Crippen molar-refractivity contribution in [3.8, 4) is 0 Å². The molecule has 5 heteroatoms. The Morgan fingerprint density at radius 3 is 2.52 bits per heavy atom. The van der Waals surface area contributed by atoms with Gasteiger partial charge in [-0.05, 0) is 30.0 Å². The number of hydrogen-bond donors (Lipinski definition) is 2. The minimum Gasteiger partial charge on any atom is -0.340 e. The first kappa shape index (κ1) is 17.1. The number of aliphatic hydroxyl groups is 1. The number of thioether (sulfide) groups is 1. The van der Waals surface area contributed by atoms with Crippen LogP contribution in [0.25, 0.3) is 0 Å². The summed E-state index contributed by atoms with van der Waals surface area (Å²) in [5, 5.41) is 13.8. The van der Waals surface area contributed by atoms with Gasteiger partial charge in [-0.1, -0.05) is 55.5 Å². The van der Waals surface area contributed by atoms with E-state index in [1.54, 1.807) is 0 Å². The fourth-order valence-corrected chi connectivity index (χ4v) is 4.85. The number of hydrogen-bond acceptors (Lipinski definition) is 5. The number of benzene rings is 2. The molecule has 0 radical (unpaired) electrons. The van der Waals surface area contributed by atoms with Gasteiger partial charge in [-0.25, -0.2) is 0 Å². The Morgan fingerprint density at radius 2 is 1.80 bits per heavy atom. The average Bonchev–Trinajstić information content (AvgIpc) is 3.43. The fourth-order valence-electron chi connectivity index (χ4n) is 3.45. The molecule has 0 unspecified atom stereocenters. The highest BCUT2D eigenvalue weighted by atomic mass is 32.2. The SMILES string of the molecule is CC[C@]1(CCC2(O)OO2)CSc2ccccc2[C@H](c2ccccc2)N1. The molecule has 0 aromatic heterocycles. The fraction of sp³-hybridized carbons (Fsp3) is 0.400. The molecule has 25 heavy (non-hydrogen) atoms. The Labute approximate surface area is 152 Å². The van der Waals surface area contributed by atoms with Crippen molar-refractivity contribution in [3.63, 3.8) is 0 Å². The van der Waals surface area contributed by atoms with E-state index in [1.807, 2.05) is 17.8 Å². The molecule has 2 atom stereocenters. The second-order valence-corrected chi connectivity index (χ2v) is 7.84. The van der Waals surface area contributed by atoms with Crippen molar-refractivity contribution in [3.05, 3.63) is 65.7 Å². The maximum absolute atomic E-state index is 9.92. The predicted octanol–water partition coefficient (Wildman–Crippen LogP) is 4.01. The molecule has 2 heterocycles. The second-order valence-electron chi connectivity index (χ2n) is 6.83. The Bertz CT molecular complexity index is 735. The molecule has 2 N–H and O–H groups in total. The molecule has 0 aliphatic carbocycles. The third-order valence-electron chi connectivity index (χ3n) is 5.19. The zero-order valence-corrected chi connectivity index (χ0v) is 15.1. The number of nitrogens with one attached hydrogen (secondary N) is 1. The molecule has 2 aromatic rings. The van der Waals surface area contributed by atoms with Gasteiger partial charge in [0, 0.05) is 22.6 Å². The lowest BCUT2D eigenvalue weighted by Gasteiger charge is -2.36. The van der Waals surface area contributed by atoms with Gasteiger partial charge in [0.1, 0.15) is 0 Å². The van der Waals surface area contributed by atoms with Crippen molar-refractivity contribution in [2.45, 2.75) is 48.6 Å². The summed E-state index contributed by atoms with van der Waals surface area (Å²) >= 11 is 1.88. The third-order valence-corrected chi connectivity index (χ3v) is 6.57. The molecule has 2 aromatic carbocycles. The summed E-state index contributed by atoms with van der Waals surface area (Å²) in [5.74, 6) is -0.435. The van der Waals surface area contributed by atoms with Gasteiger partial charge in [-0.3, -0.25) is 5.32 Å². The van der Waals surface area contributed by atoms with Gasteiger partial charge < -0.3 is 5.11 Å². The summed E-state index contributed by atoms with van der Waals surface area (Å²) in [5.41, 5.74) is 2.47. The molecule has 2 aliphatic heterocycles. The minimum atomic E-state index is -1.38. The molecular formula is C20H23NO3S. The van der Waals surface area contributed by atoms with Crippen molar-refractivity contribution in [2.75, 3.05) is 5.75 Å². The second kappa shape index (κ2) is 6.74. The standard InChI is InChI=1S/C20H23NO3S/c1-2-19(12-13-20(22)23-24-20)14-25-17-11-7-6-10-16(17)18(21-19)15-8-4-3-5-9-15/h3-11,18,21-22H,2,12-14H2,1H3/t18-,19-/m0/s1. The van der Waals surface area contributed by atoms with Crippen molar-refractivity contribution in [1.82, 2.24) is 5.32 Å². The molecule has 2 aliphatic rings. The van der Waals surface area contributed by atoms with Crippen LogP contribution < -0.4 is 5.32 Å². The van der Waals surface area contributed by atoms with Crippen LogP contribution in [0.1, 0.15) is 43.4 Å². The summed E-state index contributed by atoms with van der Waals surface area (Å²) < 4.78 is 0. The van der Waals surface area contributed by atoms with E-state index in [0.717, 1.165) is 18.6 Å². The molecule has 0 saturated carbocycles. The van der Waals surface area contributed by atoms with E-state index in [2.05, 4.69) is 60.8 Å². The number of rotatable bonds is 5. The van der Waals surface area contributed by atoms with Crippen LogP contribution in [0, 0.1) is 0 Å². The summed E-state index contributed by atoms with van der Waals surface area (Å²) in [6, 6.07) is 19.3. The van der Waals surface area contributed by atoms with Crippen LogP contribution >= 0.6 is 11.8 Å². The van der Waals surface area contributed by atoms with Gasteiger partial charge in [-0.2, -0.15) is 9.78 Å². The Morgan fingerprint density at radius 1 is 1.08 bits per heavy atom. The van der Waals surface area contributed by atoms with Gasteiger partial charge in [0.05, 0.1) is 6.04 Å². The normalized spacial score (nSPS) is 27.4. The largest absolute Gasteiger partial charge is 0.340 e. The lowest BCUT2D eigenvalue weighted by atomic mass is 9.88. The highest BCUT2D eigenvalue weighted by molar-refractivity contribution is 7.99. The van der Waals surface area contributed by atoms with Gasteiger partial charge in [0.2, 0.25) is 0 Å². The summed E-state index contributed by atoms with van der Waals surface area (Å²) in [6.07, 6.45) is 2.21. The van der Waals surface area contributed by atoms with E-state index in [-0.39, 0.29) is 11.6 Å². The molecule has 4 rings (SSSR count). The quantitative estimate of drug-likeness (QED) is 0.625. The first-order chi connectivity index (χ1) is 12.1. The van der Waals surface area contributed by atoms with Crippen molar-refractivity contribution in [1.29, 1.82) is 0 Å². The maximum atomic E-state index is 9.92. The van der Waals surface area contributed by atoms with Crippen LogP contribution in [-0.4, -0.2) is 22.4 Å². The first-order valence-electron chi connectivity index (χ1n) is 8.77. The maximum Gasteiger partial charge on any atom is 0.337 e. The third kappa shape index (κ3) is 3.61. The molecule has 0 spiro atoms. The van der Waals surface area contributed by atoms with Gasteiger partial charge in [-0.15, -0.1) is 11.8 Å². The Balaban J connectivity index is 1.68. The zero-order valence-electron chi connectivity index (χ0n) is 14.3. The van der Waals surface area contributed by atoms with Crippen LogP contribution in [0.4, 0.5) is 0 Å². The van der Waals surface area contributed by atoms with E-state index < -0.39 is 5.97 Å². The van der Waals surface area contributed by atoms with E-state index >= 15 is 0 Å². The first-order valence-corrected chi connectivity index (χ1v) is 9.75. The van der Waals surface area contributed by atoms with Crippen molar-refractivity contribution in [2.24, 2.45) is 0 Å². The molecule has 4 nitrogen and oxygen atoms in total. The molecule has 1 saturated heterocycles. The lowest BCUT2D eigenvalue weighted by molar-refractivity contribution is 0.0120. The van der Waals surface area contributed by atoms with Crippen LogP contribution in [0.5, 0.6) is 0 Å². The van der Waals surface area contributed by atoms with E-state index in [0.29, 0.717) is 6.42 Å². The van der Waals surface area contributed by atoms with Crippen LogP contribution in [-0.2, 0) is 9.78 Å². The summed E-state index contributed by atoms with van der Waals surface area (Å²) in [4.78, 5) is 10.7. The molecule has 0 amide bonds. The lowest BCUT2D eigenvalue weighted by Crippen LogP contribution is -2.48. The number of fused-ring (bicyclic) bond motifs is 1. The van der Waals surface area contributed by atoms with Crippen molar-refractivity contribution < 1.29 is 14.9 Å². The minimum absolute atomic E-state index is 0.102. The highest BCUT2D eigenvalue weighted by Crippen LogP contribution is 2.42. The summed E-state index contributed by atoms with van der Waals surface area (Å²) in [7, 11) is 0.